The lowest BCUT2D eigenvalue weighted by atomic mass is 10.1. The lowest BCUT2D eigenvalue weighted by Crippen LogP contribution is -2.51. The zero-order chi connectivity index (χ0) is 14.1. The largest absolute Gasteiger partial charge is 0.372 e. The second kappa shape index (κ2) is 5.36. The fourth-order valence-corrected chi connectivity index (χ4v) is 2.96. The molecule has 0 unspecified atom stereocenters. The van der Waals surface area contributed by atoms with E-state index in [1.54, 1.807) is 18.6 Å². The molecule has 0 aromatic carbocycles. The van der Waals surface area contributed by atoms with Gasteiger partial charge in [-0.25, -0.2) is 4.98 Å². The second-order valence-corrected chi connectivity index (χ2v) is 5.63. The summed E-state index contributed by atoms with van der Waals surface area (Å²) in [7, 11) is 0. The summed E-state index contributed by atoms with van der Waals surface area (Å²) in [6, 6.07) is 0.183. The Hall–Kier alpha value is -1.69. The first-order chi connectivity index (χ1) is 9.66. The number of hydrogen-bond acceptors (Lipinski definition) is 5. The van der Waals surface area contributed by atoms with Crippen LogP contribution < -0.4 is 4.90 Å². The molecule has 0 bridgehead atoms. The molecule has 6 nitrogen and oxygen atoms in total. The lowest BCUT2D eigenvalue weighted by Gasteiger charge is -2.37. The monoisotopic (exact) mass is 276 g/mol. The molecule has 3 rings (SSSR count). The van der Waals surface area contributed by atoms with Crippen molar-refractivity contribution < 1.29 is 9.53 Å². The number of nitrogens with zero attached hydrogens (tertiary/aromatic N) is 4. The van der Waals surface area contributed by atoms with Crippen LogP contribution in [0.2, 0.25) is 0 Å². The Kier molecular flexibility index (Phi) is 3.56. The van der Waals surface area contributed by atoms with Crippen LogP contribution in [0.4, 0.5) is 5.82 Å². The molecule has 1 amide bonds. The molecule has 0 saturated carbocycles. The second-order valence-electron chi connectivity index (χ2n) is 5.63. The normalized spacial score (nSPS) is 25.9. The van der Waals surface area contributed by atoms with E-state index in [0.717, 1.165) is 12.4 Å². The highest BCUT2D eigenvalue weighted by atomic mass is 16.5. The van der Waals surface area contributed by atoms with Crippen molar-refractivity contribution in [3.05, 3.63) is 18.6 Å². The van der Waals surface area contributed by atoms with Crippen LogP contribution in [0.3, 0.4) is 0 Å². The minimum atomic E-state index is 0.0279. The summed E-state index contributed by atoms with van der Waals surface area (Å²) in [6.07, 6.45) is 5.22. The highest BCUT2D eigenvalue weighted by molar-refractivity contribution is 5.78. The highest BCUT2D eigenvalue weighted by Gasteiger charge is 2.42. The maximum atomic E-state index is 12.2. The van der Waals surface area contributed by atoms with E-state index in [0.29, 0.717) is 19.7 Å². The molecule has 0 radical (unpaired) electrons. The fourth-order valence-electron chi connectivity index (χ4n) is 2.96. The van der Waals surface area contributed by atoms with Crippen LogP contribution in [0.25, 0.3) is 0 Å². The Morgan fingerprint density at radius 3 is 2.95 bits per heavy atom. The molecule has 108 valence electrons. The van der Waals surface area contributed by atoms with Gasteiger partial charge in [0.25, 0.3) is 0 Å². The van der Waals surface area contributed by atoms with Crippen LogP contribution in [-0.2, 0) is 9.53 Å². The van der Waals surface area contributed by atoms with Crippen molar-refractivity contribution in [3.8, 4) is 0 Å². The van der Waals surface area contributed by atoms with Gasteiger partial charge in [-0.1, -0.05) is 13.8 Å². The third-order valence-corrected chi connectivity index (χ3v) is 3.95. The van der Waals surface area contributed by atoms with Crippen molar-refractivity contribution >= 4 is 11.7 Å². The number of ether oxygens (including phenoxy) is 1. The molecular weight excluding hydrogens is 256 g/mol. The Morgan fingerprint density at radius 2 is 2.25 bits per heavy atom. The molecule has 2 fully saturated rings. The smallest absolute Gasteiger partial charge is 0.225 e. The van der Waals surface area contributed by atoms with Crippen molar-refractivity contribution in [3.63, 3.8) is 0 Å². The number of anilines is 1. The minimum absolute atomic E-state index is 0.0279. The van der Waals surface area contributed by atoms with Crippen LogP contribution in [0, 0.1) is 5.92 Å². The number of hydrogen-bond donors (Lipinski definition) is 0. The molecule has 2 saturated heterocycles. The summed E-state index contributed by atoms with van der Waals surface area (Å²) < 4.78 is 5.83. The number of likely N-dealkylation sites (tertiary alicyclic amines) is 1. The lowest BCUT2D eigenvalue weighted by molar-refractivity contribution is -0.133. The topological polar surface area (TPSA) is 58.6 Å². The predicted octanol–water partition coefficient (Wildman–Crippen LogP) is 0.549. The molecule has 0 aliphatic carbocycles. The summed E-state index contributed by atoms with van der Waals surface area (Å²) in [5.74, 6) is 1.09. The van der Waals surface area contributed by atoms with Crippen LogP contribution in [0.15, 0.2) is 18.6 Å². The van der Waals surface area contributed by atoms with E-state index in [-0.39, 0.29) is 24.0 Å². The van der Waals surface area contributed by atoms with Crippen LogP contribution in [0.5, 0.6) is 0 Å². The van der Waals surface area contributed by atoms with Crippen molar-refractivity contribution in [2.24, 2.45) is 5.92 Å². The minimum Gasteiger partial charge on any atom is -0.372 e. The number of amides is 1. The number of carbonyl (C=O) groups is 1. The molecule has 20 heavy (non-hydrogen) atoms. The number of aromatic nitrogens is 2. The van der Waals surface area contributed by atoms with Crippen molar-refractivity contribution in [2.75, 3.05) is 31.1 Å². The van der Waals surface area contributed by atoms with Gasteiger partial charge in [-0.3, -0.25) is 9.78 Å². The fraction of sp³-hybridized carbons (Fsp3) is 0.643. The molecule has 0 N–H and O–H groups in total. The van der Waals surface area contributed by atoms with Crippen molar-refractivity contribution in [1.29, 1.82) is 0 Å². The number of morpholine rings is 1. The van der Waals surface area contributed by atoms with Crippen LogP contribution >= 0.6 is 0 Å². The maximum Gasteiger partial charge on any atom is 0.225 e. The van der Waals surface area contributed by atoms with E-state index in [4.69, 9.17) is 4.74 Å². The first-order valence-corrected chi connectivity index (χ1v) is 7.10. The van der Waals surface area contributed by atoms with Crippen LogP contribution in [0.1, 0.15) is 13.8 Å². The SMILES string of the molecule is CC(C)C(=O)N1C[C@@H]2OCCN(c3cnccn3)[C@H]2C1. The van der Waals surface area contributed by atoms with E-state index in [2.05, 4.69) is 14.9 Å². The Bertz CT molecular complexity index is 479. The van der Waals surface area contributed by atoms with E-state index in [9.17, 15) is 4.79 Å². The van der Waals surface area contributed by atoms with Gasteiger partial charge in [-0.2, -0.15) is 0 Å². The molecule has 2 aliphatic rings. The zero-order valence-electron chi connectivity index (χ0n) is 11.9. The number of carbonyl (C=O) groups excluding carboxylic acids is 1. The molecule has 2 aliphatic heterocycles. The molecule has 1 aromatic heterocycles. The molecular formula is C14H20N4O2. The van der Waals surface area contributed by atoms with Crippen LogP contribution in [-0.4, -0.2) is 59.2 Å². The molecule has 1 aromatic rings. The van der Waals surface area contributed by atoms with E-state index in [1.165, 1.54) is 0 Å². The zero-order valence-corrected chi connectivity index (χ0v) is 11.9. The Balaban J connectivity index is 1.78. The van der Waals surface area contributed by atoms with Gasteiger partial charge < -0.3 is 14.5 Å². The quantitative estimate of drug-likeness (QED) is 0.789. The van der Waals surface area contributed by atoms with Gasteiger partial charge in [0, 0.05) is 37.9 Å². The van der Waals surface area contributed by atoms with E-state index < -0.39 is 0 Å². The average molecular weight is 276 g/mol. The average Bonchev–Trinajstić information content (AvgIpc) is 2.91. The van der Waals surface area contributed by atoms with Crippen molar-refractivity contribution in [1.82, 2.24) is 14.9 Å². The Morgan fingerprint density at radius 1 is 1.40 bits per heavy atom. The van der Waals surface area contributed by atoms with Gasteiger partial charge in [0.2, 0.25) is 5.91 Å². The third kappa shape index (κ3) is 2.35. The maximum absolute atomic E-state index is 12.2. The van der Waals surface area contributed by atoms with Gasteiger partial charge in [0.1, 0.15) is 5.82 Å². The Labute approximate surface area is 118 Å². The van der Waals surface area contributed by atoms with Crippen molar-refractivity contribution in [2.45, 2.75) is 26.0 Å². The summed E-state index contributed by atoms with van der Waals surface area (Å²) >= 11 is 0. The van der Waals surface area contributed by atoms with Gasteiger partial charge in [-0.05, 0) is 0 Å². The first-order valence-electron chi connectivity index (χ1n) is 7.10. The first kappa shape index (κ1) is 13.3. The van der Waals surface area contributed by atoms with Gasteiger partial charge in [0.15, 0.2) is 0 Å². The number of fused-ring (bicyclic) bond motifs is 1. The summed E-state index contributed by atoms with van der Waals surface area (Å²) in [4.78, 5) is 24.8. The summed E-state index contributed by atoms with van der Waals surface area (Å²) in [6.45, 7) is 6.72. The molecule has 6 heteroatoms. The van der Waals surface area contributed by atoms with E-state index in [1.807, 2.05) is 18.7 Å². The van der Waals surface area contributed by atoms with E-state index >= 15 is 0 Å². The third-order valence-electron chi connectivity index (χ3n) is 3.95. The van der Waals surface area contributed by atoms with Gasteiger partial charge >= 0.3 is 0 Å². The summed E-state index contributed by atoms with van der Waals surface area (Å²) in [5.41, 5.74) is 0. The standard InChI is InChI=1S/C14H20N4O2/c1-10(2)14(19)17-8-11-12(9-17)20-6-5-18(11)13-7-15-3-4-16-13/h3-4,7,10-12H,5-6,8-9H2,1-2H3/t11-,12-/m0/s1. The summed E-state index contributed by atoms with van der Waals surface area (Å²) in [5, 5.41) is 0. The van der Waals surface area contributed by atoms with Gasteiger partial charge in [-0.15, -0.1) is 0 Å². The highest BCUT2D eigenvalue weighted by Crippen LogP contribution is 2.27. The predicted molar refractivity (Wildman–Crippen MR) is 74.3 cm³/mol. The number of rotatable bonds is 2. The molecule has 0 spiro atoms. The molecule has 3 heterocycles. The molecule has 2 atom stereocenters. The van der Waals surface area contributed by atoms with Gasteiger partial charge in [0.05, 0.1) is 24.9 Å².